The van der Waals surface area contributed by atoms with Crippen molar-refractivity contribution in [3.63, 3.8) is 0 Å². The van der Waals surface area contributed by atoms with Crippen molar-refractivity contribution < 1.29 is 4.74 Å². The summed E-state index contributed by atoms with van der Waals surface area (Å²) in [7, 11) is -0.735. The van der Waals surface area contributed by atoms with Gasteiger partial charge in [0.15, 0.2) is 0 Å². The average molecular weight is 262 g/mol. The SMILES string of the molecule is C[SiH](C)C1(CCCc2ccccc2)CCCCO1. The molecule has 2 rings (SSSR count). The lowest BCUT2D eigenvalue weighted by molar-refractivity contribution is -0.0288. The van der Waals surface area contributed by atoms with Gasteiger partial charge in [0.05, 0.1) is 14.0 Å². The van der Waals surface area contributed by atoms with Crippen molar-refractivity contribution in [3.8, 4) is 0 Å². The molecule has 1 aliphatic rings. The van der Waals surface area contributed by atoms with Gasteiger partial charge in [-0.2, -0.15) is 0 Å². The van der Waals surface area contributed by atoms with Gasteiger partial charge in [0.1, 0.15) is 0 Å². The molecule has 0 N–H and O–H groups in total. The molecule has 0 radical (unpaired) electrons. The third kappa shape index (κ3) is 3.45. The highest BCUT2D eigenvalue weighted by molar-refractivity contribution is 6.59. The molecule has 1 aromatic carbocycles. The molecule has 1 atom stereocenters. The van der Waals surface area contributed by atoms with E-state index in [9.17, 15) is 0 Å². The molecule has 2 heteroatoms. The summed E-state index contributed by atoms with van der Waals surface area (Å²) in [6.07, 6.45) is 7.69. The minimum atomic E-state index is -0.735. The first kappa shape index (κ1) is 13.8. The van der Waals surface area contributed by atoms with Gasteiger partial charge in [-0.05, 0) is 44.1 Å². The molecule has 100 valence electrons. The summed E-state index contributed by atoms with van der Waals surface area (Å²) in [4.78, 5) is 0. The first-order chi connectivity index (χ1) is 8.73. The Kier molecular flexibility index (Phi) is 5.01. The van der Waals surface area contributed by atoms with Gasteiger partial charge >= 0.3 is 0 Å². The Bertz CT molecular complexity index is 341. The largest absolute Gasteiger partial charge is 0.379 e. The van der Waals surface area contributed by atoms with Crippen molar-refractivity contribution in [1.82, 2.24) is 0 Å². The van der Waals surface area contributed by atoms with Crippen LogP contribution in [0, 0.1) is 0 Å². The second-order valence-corrected chi connectivity index (χ2v) is 9.23. The van der Waals surface area contributed by atoms with E-state index in [-0.39, 0.29) is 0 Å². The fraction of sp³-hybridized carbons (Fsp3) is 0.625. The maximum Gasteiger partial charge on any atom is 0.0695 e. The summed E-state index contributed by atoms with van der Waals surface area (Å²) in [6.45, 7) is 5.90. The number of aryl methyl sites for hydroxylation is 1. The molecule has 0 saturated carbocycles. The maximum absolute atomic E-state index is 6.23. The summed E-state index contributed by atoms with van der Waals surface area (Å²) in [5, 5.41) is 0.299. The van der Waals surface area contributed by atoms with Gasteiger partial charge in [0.25, 0.3) is 0 Å². The Morgan fingerprint density at radius 2 is 1.94 bits per heavy atom. The third-order valence-electron chi connectivity index (χ3n) is 4.34. The standard InChI is InChI=1S/C16H26OSi/c1-18(2)16(12-6-7-14-17-16)13-8-11-15-9-4-3-5-10-15/h3-5,9-10,18H,6-8,11-14H2,1-2H3. The second-order valence-electron chi connectivity index (χ2n) is 5.86. The van der Waals surface area contributed by atoms with Crippen LogP contribution in [0.5, 0.6) is 0 Å². The number of benzene rings is 1. The number of hydrogen-bond acceptors (Lipinski definition) is 1. The van der Waals surface area contributed by atoms with Gasteiger partial charge in [-0.1, -0.05) is 43.4 Å². The Balaban J connectivity index is 1.86. The van der Waals surface area contributed by atoms with Gasteiger partial charge in [-0.15, -0.1) is 0 Å². The van der Waals surface area contributed by atoms with Crippen LogP contribution in [0.25, 0.3) is 0 Å². The molecule has 0 bridgehead atoms. The molecule has 0 spiro atoms. The highest BCUT2D eigenvalue weighted by Crippen LogP contribution is 2.32. The van der Waals surface area contributed by atoms with Crippen molar-refractivity contribution in [3.05, 3.63) is 35.9 Å². The molecule has 1 aliphatic heterocycles. The van der Waals surface area contributed by atoms with Crippen molar-refractivity contribution in [2.24, 2.45) is 0 Å². The Morgan fingerprint density at radius 1 is 1.17 bits per heavy atom. The minimum Gasteiger partial charge on any atom is -0.379 e. The lowest BCUT2D eigenvalue weighted by atomic mass is 10.0. The fourth-order valence-corrected chi connectivity index (χ4v) is 5.07. The van der Waals surface area contributed by atoms with E-state index in [4.69, 9.17) is 4.74 Å². The average Bonchev–Trinajstić information content (AvgIpc) is 2.41. The fourth-order valence-electron chi connectivity index (χ4n) is 3.05. The van der Waals surface area contributed by atoms with Crippen LogP contribution in [0.2, 0.25) is 13.1 Å². The topological polar surface area (TPSA) is 9.23 Å². The highest BCUT2D eigenvalue weighted by Gasteiger charge is 2.36. The first-order valence-electron chi connectivity index (χ1n) is 7.41. The van der Waals surface area contributed by atoms with Crippen LogP contribution in [0.15, 0.2) is 30.3 Å². The first-order valence-corrected chi connectivity index (χ1v) is 10.3. The van der Waals surface area contributed by atoms with Crippen LogP contribution in [-0.2, 0) is 11.2 Å². The van der Waals surface area contributed by atoms with E-state index in [2.05, 4.69) is 43.4 Å². The Labute approximate surface area is 113 Å². The van der Waals surface area contributed by atoms with E-state index < -0.39 is 8.80 Å². The normalized spacial score (nSPS) is 24.4. The molecule has 1 aromatic rings. The lowest BCUT2D eigenvalue weighted by Crippen LogP contribution is -2.47. The summed E-state index contributed by atoms with van der Waals surface area (Å²) in [5.41, 5.74) is 1.47. The summed E-state index contributed by atoms with van der Waals surface area (Å²) >= 11 is 0. The predicted octanol–water partition coefficient (Wildman–Crippen LogP) is 3.97. The molecule has 1 nitrogen and oxygen atoms in total. The maximum atomic E-state index is 6.23. The van der Waals surface area contributed by atoms with E-state index in [0.29, 0.717) is 5.22 Å². The van der Waals surface area contributed by atoms with Gasteiger partial charge in [0.2, 0.25) is 0 Å². The Morgan fingerprint density at radius 3 is 2.56 bits per heavy atom. The van der Waals surface area contributed by atoms with E-state index in [1.807, 2.05) is 0 Å². The summed E-state index contributed by atoms with van der Waals surface area (Å²) in [6, 6.07) is 10.8. The van der Waals surface area contributed by atoms with E-state index in [1.165, 1.54) is 44.1 Å². The number of rotatable bonds is 5. The molecule has 1 saturated heterocycles. The van der Waals surface area contributed by atoms with Gasteiger partial charge < -0.3 is 4.74 Å². The van der Waals surface area contributed by atoms with Crippen LogP contribution in [-0.4, -0.2) is 20.6 Å². The van der Waals surface area contributed by atoms with Gasteiger partial charge in [-0.25, -0.2) is 0 Å². The lowest BCUT2D eigenvalue weighted by Gasteiger charge is -2.40. The van der Waals surface area contributed by atoms with E-state index in [0.717, 1.165) is 6.61 Å². The highest BCUT2D eigenvalue weighted by atomic mass is 28.3. The second kappa shape index (κ2) is 6.53. The van der Waals surface area contributed by atoms with Crippen LogP contribution >= 0.6 is 0 Å². The van der Waals surface area contributed by atoms with Gasteiger partial charge in [0, 0.05) is 6.61 Å². The van der Waals surface area contributed by atoms with Crippen LogP contribution in [0.1, 0.15) is 37.7 Å². The molecule has 1 heterocycles. The molecule has 1 unspecified atom stereocenters. The molecule has 0 amide bonds. The molecular weight excluding hydrogens is 236 g/mol. The minimum absolute atomic E-state index is 0.299. The van der Waals surface area contributed by atoms with Crippen molar-refractivity contribution >= 4 is 8.80 Å². The van der Waals surface area contributed by atoms with Gasteiger partial charge in [-0.3, -0.25) is 0 Å². The van der Waals surface area contributed by atoms with Crippen molar-refractivity contribution in [1.29, 1.82) is 0 Å². The summed E-state index contributed by atoms with van der Waals surface area (Å²) < 4.78 is 6.23. The van der Waals surface area contributed by atoms with Crippen LogP contribution in [0.4, 0.5) is 0 Å². The molecule has 1 fully saturated rings. The van der Waals surface area contributed by atoms with Crippen LogP contribution < -0.4 is 0 Å². The Hall–Kier alpha value is -0.603. The van der Waals surface area contributed by atoms with E-state index >= 15 is 0 Å². The third-order valence-corrected chi connectivity index (χ3v) is 7.19. The molecular formula is C16H26OSi. The molecule has 18 heavy (non-hydrogen) atoms. The number of ether oxygens (including phenoxy) is 1. The summed E-state index contributed by atoms with van der Waals surface area (Å²) in [5.74, 6) is 0. The zero-order valence-corrected chi connectivity index (χ0v) is 13.0. The number of hydrogen-bond donors (Lipinski definition) is 0. The van der Waals surface area contributed by atoms with Crippen molar-refractivity contribution in [2.45, 2.75) is 56.8 Å². The van der Waals surface area contributed by atoms with E-state index in [1.54, 1.807) is 0 Å². The molecule has 0 aromatic heterocycles. The monoisotopic (exact) mass is 262 g/mol. The quantitative estimate of drug-likeness (QED) is 0.730. The zero-order chi connectivity index (χ0) is 12.8. The zero-order valence-electron chi connectivity index (χ0n) is 11.8. The molecule has 0 aliphatic carbocycles. The predicted molar refractivity (Wildman–Crippen MR) is 80.8 cm³/mol. The smallest absolute Gasteiger partial charge is 0.0695 e. The van der Waals surface area contributed by atoms with Crippen molar-refractivity contribution in [2.75, 3.05) is 6.61 Å². The van der Waals surface area contributed by atoms with Crippen LogP contribution in [0.3, 0.4) is 0 Å².